The van der Waals surface area contributed by atoms with Crippen LogP contribution in [-0.2, 0) is 19.2 Å². The standard InChI is InChI=1S/C9H9.Pd/c1-2-6-9-7-4-3-5-8-9;/h2-8H,1H2;/b6-2+;. The summed E-state index contributed by atoms with van der Waals surface area (Å²) < 4.78 is 0. The first-order chi connectivity index (χ1) is 4.93. The molecule has 0 radical (unpaired) electrons. The van der Waals surface area contributed by atoms with Gasteiger partial charge in [0.1, 0.15) is 0 Å². The van der Waals surface area contributed by atoms with Crippen molar-refractivity contribution in [3.05, 3.63) is 42.0 Å². The first-order valence-electron chi connectivity index (χ1n) is 3.16. The van der Waals surface area contributed by atoms with Gasteiger partial charge >= 0.3 is 72.1 Å². The molecule has 0 nitrogen and oxygen atoms in total. The summed E-state index contributed by atoms with van der Waals surface area (Å²) in [4.78, 5) is 0.956. The Morgan fingerprint density at radius 1 is 1.20 bits per heavy atom. The molecule has 0 saturated heterocycles. The predicted octanol–water partition coefficient (Wildman–Crippen LogP) is 2.66. The molecule has 1 heteroatoms. The second kappa shape index (κ2) is 4.44. The number of hydrogen-bond acceptors (Lipinski definition) is 0. The molecule has 0 spiro atoms. The molecule has 0 N–H and O–H groups in total. The number of allylic oxidation sites excluding steroid dienone is 1. The van der Waals surface area contributed by atoms with E-state index in [0.717, 1.165) is 4.89 Å². The summed E-state index contributed by atoms with van der Waals surface area (Å²) in [5.41, 5.74) is 1.26. The fraction of sp³-hybridized carbons (Fsp3) is 0.111. The van der Waals surface area contributed by atoms with Crippen molar-refractivity contribution < 1.29 is 19.2 Å². The van der Waals surface area contributed by atoms with Crippen LogP contribution in [0.5, 0.6) is 0 Å². The van der Waals surface area contributed by atoms with Crippen molar-refractivity contribution >= 4 is 6.08 Å². The van der Waals surface area contributed by atoms with Gasteiger partial charge in [-0.25, -0.2) is 0 Å². The Kier molecular flexibility index (Phi) is 3.43. The molecule has 0 unspecified atom stereocenters. The Morgan fingerprint density at radius 3 is 2.50 bits per heavy atom. The topological polar surface area (TPSA) is 0 Å². The summed E-state index contributed by atoms with van der Waals surface area (Å²) in [6.07, 6.45) is 4.20. The van der Waals surface area contributed by atoms with Crippen molar-refractivity contribution in [2.45, 2.75) is 4.89 Å². The second-order valence-corrected chi connectivity index (χ2v) is 2.58. The van der Waals surface area contributed by atoms with Crippen LogP contribution in [0.3, 0.4) is 0 Å². The molecule has 0 heterocycles. The molecule has 10 heavy (non-hydrogen) atoms. The van der Waals surface area contributed by atoms with Crippen LogP contribution in [-0.4, -0.2) is 0 Å². The van der Waals surface area contributed by atoms with E-state index in [4.69, 9.17) is 0 Å². The molecular formula is C9H9Pd. The quantitative estimate of drug-likeness (QED) is 0.677. The maximum atomic E-state index is 3.08. The van der Waals surface area contributed by atoms with Crippen LogP contribution < -0.4 is 0 Å². The third-order valence-corrected chi connectivity index (χ3v) is 1.55. The van der Waals surface area contributed by atoms with Gasteiger partial charge in [-0.2, -0.15) is 0 Å². The summed E-state index contributed by atoms with van der Waals surface area (Å²) in [6, 6.07) is 10.3. The van der Waals surface area contributed by atoms with Gasteiger partial charge in [-0.15, -0.1) is 0 Å². The molecule has 1 aromatic rings. The van der Waals surface area contributed by atoms with Crippen molar-refractivity contribution in [1.82, 2.24) is 0 Å². The fourth-order valence-corrected chi connectivity index (χ4v) is 0.921. The van der Waals surface area contributed by atoms with Gasteiger partial charge in [0, 0.05) is 0 Å². The van der Waals surface area contributed by atoms with Crippen molar-refractivity contribution in [2.75, 3.05) is 0 Å². The van der Waals surface area contributed by atoms with E-state index in [-0.39, 0.29) is 0 Å². The molecule has 0 bridgehead atoms. The third kappa shape index (κ3) is 2.47. The van der Waals surface area contributed by atoms with Crippen LogP contribution in [0.2, 0.25) is 4.89 Å². The zero-order chi connectivity index (χ0) is 7.23. The molecule has 0 saturated carbocycles. The molecule has 0 fully saturated rings. The van der Waals surface area contributed by atoms with Crippen LogP contribution in [0.1, 0.15) is 5.56 Å². The van der Waals surface area contributed by atoms with E-state index < -0.39 is 0 Å². The van der Waals surface area contributed by atoms with E-state index in [2.05, 4.69) is 43.5 Å². The maximum absolute atomic E-state index is 3.08. The Morgan fingerprint density at radius 2 is 1.90 bits per heavy atom. The van der Waals surface area contributed by atoms with Crippen LogP contribution >= 0.6 is 0 Å². The zero-order valence-electron chi connectivity index (χ0n) is 5.56. The number of benzene rings is 1. The average molecular weight is 224 g/mol. The fourth-order valence-electron chi connectivity index (χ4n) is 0.738. The first-order valence-corrected chi connectivity index (χ1v) is 4.26. The van der Waals surface area contributed by atoms with Crippen LogP contribution in [0, 0.1) is 0 Å². The van der Waals surface area contributed by atoms with E-state index in [1.54, 1.807) is 0 Å². The minimum absolute atomic E-state index is 0.956. The van der Waals surface area contributed by atoms with E-state index in [1.807, 2.05) is 18.2 Å². The molecule has 0 atom stereocenters. The number of hydrogen-bond donors (Lipinski definition) is 0. The van der Waals surface area contributed by atoms with Crippen LogP contribution in [0.25, 0.3) is 6.08 Å². The summed E-state index contributed by atoms with van der Waals surface area (Å²) in [5.74, 6) is 0. The molecular weight excluding hydrogens is 215 g/mol. The summed E-state index contributed by atoms with van der Waals surface area (Å²) in [7, 11) is 0. The molecule has 0 amide bonds. The molecule has 1 rings (SSSR count). The minimum atomic E-state index is 0.956. The Hall–Kier alpha value is -0.378. The molecule has 55 valence electrons. The normalized spacial score (nSPS) is 10.6. The average Bonchev–Trinajstić information content (AvgIpc) is 2.03. The van der Waals surface area contributed by atoms with E-state index in [1.165, 1.54) is 5.56 Å². The summed E-state index contributed by atoms with van der Waals surface area (Å²) in [5, 5.41) is 0. The van der Waals surface area contributed by atoms with Crippen LogP contribution in [0.15, 0.2) is 36.4 Å². The molecule has 0 aromatic heterocycles. The molecule has 0 aliphatic carbocycles. The van der Waals surface area contributed by atoms with Gasteiger partial charge in [0.15, 0.2) is 0 Å². The molecule has 0 aliphatic heterocycles. The monoisotopic (exact) mass is 223 g/mol. The van der Waals surface area contributed by atoms with Gasteiger partial charge in [0.25, 0.3) is 0 Å². The second-order valence-electron chi connectivity index (χ2n) is 1.94. The Bertz CT molecular complexity index is 201. The van der Waals surface area contributed by atoms with Gasteiger partial charge in [0.05, 0.1) is 0 Å². The van der Waals surface area contributed by atoms with Gasteiger partial charge in [0.2, 0.25) is 0 Å². The van der Waals surface area contributed by atoms with Gasteiger partial charge in [-0.1, -0.05) is 0 Å². The predicted molar refractivity (Wildman–Crippen MR) is 40.3 cm³/mol. The van der Waals surface area contributed by atoms with E-state index in [0.29, 0.717) is 0 Å². The number of rotatable bonds is 2. The SMILES string of the molecule is [Pd][CH2]/C=C/c1ccccc1. The zero-order valence-corrected chi connectivity index (χ0v) is 7.12. The van der Waals surface area contributed by atoms with Crippen molar-refractivity contribution in [3.63, 3.8) is 0 Å². The van der Waals surface area contributed by atoms with E-state index in [9.17, 15) is 0 Å². The summed E-state index contributed by atoms with van der Waals surface area (Å²) >= 11 is 3.08. The first kappa shape index (κ1) is 7.73. The van der Waals surface area contributed by atoms with Crippen molar-refractivity contribution in [2.24, 2.45) is 0 Å². The van der Waals surface area contributed by atoms with Crippen LogP contribution in [0.4, 0.5) is 0 Å². The summed E-state index contributed by atoms with van der Waals surface area (Å²) in [6.45, 7) is 0. The third-order valence-electron chi connectivity index (χ3n) is 1.18. The van der Waals surface area contributed by atoms with Crippen molar-refractivity contribution in [1.29, 1.82) is 0 Å². The van der Waals surface area contributed by atoms with Crippen molar-refractivity contribution in [3.8, 4) is 0 Å². The molecule has 0 aliphatic rings. The Balaban J connectivity index is 2.67. The van der Waals surface area contributed by atoms with Gasteiger partial charge < -0.3 is 0 Å². The van der Waals surface area contributed by atoms with Gasteiger partial charge in [-0.05, 0) is 0 Å². The molecule has 1 aromatic carbocycles. The van der Waals surface area contributed by atoms with Gasteiger partial charge in [-0.3, -0.25) is 0 Å². The van der Waals surface area contributed by atoms with E-state index >= 15 is 0 Å². The Labute approximate surface area is 72.4 Å².